The molecule has 2 fully saturated rings. The van der Waals surface area contributed by atoms with Gasteiger partial charge in [0.25, 0.3) is 0 Å². The lowest BCUT2D eigenvalue weighted by molar-refractivity contribution is 0.509. The van der Waals surface area contributed by atoms with Crippen LogP contribution >= 0.6 is 41.2 Å². The maximum Gasteiger partial charge on any atom is 0.0772 e. The average molecular weight is 299 g/mol. The van der Waals surface area contributed by atoms with Gasteiger partial charge in [-0.3, -0.25) is 0 Å². The van der Waals surface area contributed by atoms with E-state index >= 15 is 0 Å². The van der Waals surface area contributed by atoms with Gasteiger partial charge in [-0.15, -0.1) is 0 Å². The maximum absolute atomic E-state index is 3.49. The SMILES string of the molecule is C1CNC(SSSSC2CNCCN2)CN1. The minimum absolute atomic E-state index is 0.560. The van der Waals surface area contributed by atoms with Gasteiger partial charge in [-0.2, -0.15) is 0 Å². The van der Waals surface area contributed by atoms with Crippen LogP contribution in [0.1, 0.15) is 0 Å². The van der Waals surface area contributed by atoms with E-state index in [2.05, 4.69) is 21.3 Å². The first-order valence-electron chi connectivity index (χ1n) is 5.49. The minimum Gasteiger partial charge on any atom is -0.313 e. The fraction of sp³-hybridized carbons (Fsp3) is 1.00. The van der Waals surface area contributed by atoms with Crippen molar-refractivity contribution in [1.82, 2.24) is 21.3 Å². The summed E-state index contributed by atoms with van der Waals surface area (Å²) in [7, 11) is 7.60. The first-order valence-corrected chi connectivity index (χ1v) is 10.4. The van der Waals surface area contributed by atoms with Crippen molar-refractivity contribution in [3.63, 3.8) is 0 Å². The molecule has 2 saturated heterocycles. The van der Waals surface area contributed by atoms with Gasteiger partial charge < -0.3 is 21.3 Å². The van der Waals surface area contributed by atoms with Crippen molar-refractivity contribution < 1.29 is 0 Å². The Hall–Kier alpha value is 1.24. The lowest BCUT2D eigenvalue weighted by Crippen LogP contribution is -2.46. The Morgan fingerprint density at radius 3 is 1.56 bits per heavy atom. The number of hydrogen-bond acceptors (Lipinski definition) is 8. The van der Waals surface area contributed by atoms with Gasteiger partial charge >= 0.3 is 0 Å². The lowest BCUT2D eigenvalue weighted by atomic mass is 10.4. The molecule has 2 unspecified atom stereocenters. The summed E-state index contributed by atoms with van der Waals surface area (Å²) in [4.78, 5) is 0. The summed E-state index contributed by atoms with van der Waals surface area (Å²) in [5.41, 5.74) is 0. The smallest absolute Gasteiger partial charge is 0.0772 e. The van der Waals surface area contributed by atoms with Gasteiger partial charge in [0, 0.05) is 39.3 Å². The summed E-state index contributed by atoms with van der Waals surface area (Å²) in [5, 5.41) is 14.9. The minimum atomic E-state index is 0.560. The topological polar surface area (TPSA) is 48.1 Å². The Morgan fingerprint density at radius 2 is 1.19 bits per heavy atom. The Morgan fingerprint density at radius 1 is 0.688 bits per heavy atom. The van der Waals surface area contributed by atoms with E-state index in [1.54, 1.807) is 0 Å². The molecule has 0 radical (unpaired) electrons. The van der Waals surface area contributed by atoms with Crippen LogP contribution in [0.2, 0.25) is 0 Å². The van der Waals surface area contributed by atoms with Crippen LogP contribution in [-0.2, 0) is 0 Å². The van der Waals surface area contributed by atoms with Crippen molar-refractivity contribution in [2.75, 3.05) is 39.3 Å². The highest BCUT2D eigenvalue weighted by molar-refractivity contribution is 9.26. The van der Waals surface area contributed by atoms with Gasteiger partial charge in [0.2, 0.25) is 0 Å². The second-order valence-corrected chi connectivity index (χ2v) is 9.84. The molecule has 94 valence electrons. The Bertz CT molecular complexity index is 165. The molecule has 2 rings (SSSR count). The second-order valence-electron chi connectivity index (χ2n) is 3.62. The predicted molar refractivity (Wildman–Crippen MR) is 79.7 cm³/mol. The molecule has 0 bridgehead atoms. The van der Waals surface area contributed by atoms with Gasteiger partial charge in [-0.1, -0.05) is 21.6 Å². The highest BCUT2D eigenvalue weighted by Gasteiger charge is 2.15. The van der Waals surface area contributed by atoms with Crippen molar-refractivity contribution in [3.05, 3.63) is 0 Å². The third-order valence-electron chi connectivity index (χ3n) is 2.35. The van der Waals surface area contributed by atoms with Crippen LogP contribution in [0.15, 0.2) is 0 Å². The van der Waals surface area contributed by atoms with E-state index in [0.29, 0.717) is 10.7 Å². The van der Waals surface area contributed by atoms with Crippen LogP contribution in [0.3, 0.4) is 0 Å². The highest BCUT2D eigenvalue weighted by Crippen LogP contribution is 2.45. The van der Waals surface area contributed by atoms with E-state index in [1.807, 2.05) is 41.2 Å². The zero-order chi connectivity index (χ0) is 11.1. The van der Waals surface area contributed by atoms with Gasteiger partial charge in [-0.05, 0) is 19.7 Å². The molecule has 2 aliphatic rings. The summed E-state index contributed by atoms with van der Waals surface area (Å²) in [5.74, 6) is 0. The van der Waals surface area contributed by atoms with Crippen LogP contribution in [0.5, 0.6) is 0 Å². The number of hydrogen-bond donors (Lipinski definition) is 4. The van der Waals surface area contributed by atoms with Crippen molar-refractivity contribution in [3.8, 4) is 0 Å². The van der Waals surface area contributed by atoms with Crippen LogP contribution in [0.4, 0.5) is 0 Å². The fourth-order valence-corrected chi connectivity index (χ4v) is 8.11. The molecule has 8 heteroatoms. The molecule has 2 atom stereocenters. The zero-order valence-corrected chi connectivity index (χ0v) is 12.3. The van der Waals surface area contributed by atoms with Crippen LogP contribution < -0.4 is 21.3 Å². The molecule has 0 saturated carbocycles. The molecule has 0 amide bonds. The number of rotatable bonds is 5. The van der Waals surface area contributed by atoms with Crippen molar-refractivity contribution in [2.24, 2.45) is 0 Å². The highest BCUT2D eigenvalue weighted by atomic mass is 33.7. The molecular formula is C8H18N4S4. The molecule has 0 aromatic heterocycles. The molecule has 2 heterocycles. The first-order chi connectivity index (χ1) is 7.95. The van der Waals surface area contributed by atoms with E-state index < -0.39 is 0 Å². The van der Waals surface area contributed by atoms with Crippen LogP contribution in [0.25, 0.3) is 0 Å². The molecule has 0 aliphatic carbocycles. The van der Waals surface area contributed by atoms with E-state index in [-0.39, 0.29) is 0 Å². The second kappa shape index (κ2) is 8.36. The van der Waals surface area contributed by atoms with E-state index in [0.717, 1.165) is 39.3 Å². The van der Waals surface area contributed by atoms with Gasteiger partial charge in [0.15, 0.2) is 0 Å². The Balaban J connectivity index is 1.47. The summed E-state index contributed by atoms with van der Waals surface area (Å²) in [6, 6.07) is 0. The molecule has 0 aromatic rings. The van der Waals surface area contributed by atoms with Gasteiger partial charge in [0.1, 0.15) is 0 Å². The molecule has 4 N–H and O–H groups in total. The van der Waals surface area contributed by atoms with E-state index in [1.165, 1.54) is 0 Å². The van der Waals surface area contributed by atoms with Crippen molar-refractivity contribution in [2.45, 2.75) is 10.7 Å². The molecule has 16 heavy (non-hydrogen) atoms. The molecular weight excluding hydrogens is 280 g/mol. The maximum atomic E-state index is 3.49. The molecule has 4 nitrogen and oxygen atoms in total. The van der Waals surface area contributed by atoms with Crippen molar-refractivity contribution >= 4 is 41.2 Å². The Kier molecular flexibility index (Phi) is 7.14. The predicted octanol–water partition coefficient (Wildman–Crippen LogP) is 0.702. The fourth-order valence-electron chi connectivity index (χ4n) is 1.52. The van der Waals surface area contributed by atoms with E-state index in [4.69, 9.17) is 0 Å². The third kappa shape index (κ3) is 5.26. The monoisotopic (exact) mass is 298 g/mol. The average Bonchev–Trinajstić information content (AvgIpc) is 2.37. The summed E-state index contributed by atoms with van der Waals surface area (Å²) in [6.07, 6.45) is 0. The standard InChI is InChI=1S/C8H18N4S4/c1-3-11-7(5-9-1)13-15-16-14-8-6-10-2-4-12-8/h7-12H,1-6H2. The third-order valence-corrected chi connectivity index (χ3v) is 9.14. The molecule has 0 spiro atoms. The van der Waals surface area contributed by atoms with Crippen LogP contribution in [-0.4, -0.2) is 50.0 Å². The normalized spacial score (nSPS) is 31.5. The molecule has 2 aliphatic heterocycles. The summed E-state index contributed by atoms with van der Waals surface area (Å²) >= 11 is 0. The first kappa shape index (κ1) is 13.7. The summed E-state index contributed by atoms with van der Waals surface area (Å²) in [6.45, 7) is 6.52. The molecule has 0 aromatic carbocycles. The van der Waals surface area contributed by atoms with Crippen molar-refractivity contribution in [1.29, 1.82) is 0 Å². The zero-order valence-electron chi connectivity index (χ0n) is 9.03. The quantitative estimate of drug-likeness (QED) is 0.437. The largest absolute Gasteiger partial charge is 0.313 e. The lowest BCUT2D eigenvalue weighted by Gasteiger charge is -2.24. The number of piperazine rings is 2. The van der Waals surface area contributed by atoms with Gasteiger partial charge in [0.05, 0.1) is 10.7 Å². The number of nitrogens with one attached hydrogen (secondary N) is 4. The van der Waals surface area contributed by atoms with Crippen LogP contribution in [0, 0.1) is 0 Å². The summed E-state index contributed by atoms with van der Waals surface area (Å²) < 4.78 is 0. The Labute approximate surface area is 112 Å². The van der Waals surface area contributed by atoms with E-state index in [9.17, 15) is 0 Å². The van der Waals surface area contributed by atoms with Gasteiger partial charge in [-0.25, -0.2) is 0 Å².